The number of hydrogen-bond acceptors (Lipinski definition) is 2. The molecule has 19 heavy (non-hydrogen) atoms. The zero-order valence-corrected chi connectivity index (χ0v) is 12.9. The van der Waals surface area contributed by atoms with Gasteiger partial charge >= 0.3 is 12.0 Å². The molecule has 0 saturated heterocycles. The predicted octanol–water partition coefficient (Wildman–Crippen LogP) is 3.08. The maximum atomic E-state index is 12.1. The summed E-state index contributed by atoms with van der Waals surface area (Å²) in [4.78, 5) is 24.3. The molecule has 1 aromatic carbocycles. The molecular weight excluding hydrogens is 312 g/mol. The van der Waals surface area contributed by atoms with Gasteiger partial charge in [-0.3, -0.25) is 0 Å². The minimum absolute atomic E-state index is 0.473. The van der Waals surface area contributed by atoms with Gasteiger partial charge in [0.25, 0.3) is 0 Å². The summed E-state index contributed by atoms with van der Waals surface area (Å²) >= 11 is 3.39. The van der Waals surface area contributed by atoms with Gasteiger partial charge in [-0.25, -0.2) is 9.59 Å². The van der Waals surface area contributed by atoms with Crippen molar-refractivity contribution in [2.45, 2.75) is 26.3 Å². The summed E-state index contributed by atoms with van der Waals surface area (Å²) in [6, 6.07) is 5.00. The molecule has 0 heterocycles. The molecular formula is C13H17BrN2O3. The summed E-state index contributed by atoms with van der Waals surface area (Å²) in [5.74, 6) is -1.06. The van der Waals surface area contributed by atoms with Crippen LogP contribution in [0.25, 0.3) is 0 Å². The highest BCUT2D eigenvalue weighted by Gasteiger charge is 2.35. The van der Waals surface area contributed by atoms with E-state index >= 15 is 0 Å². The number of carboxylic acid groups (broad SMARTS) is 1. The highest BCUT2D eigenvalue weighted by atomic mass is 79.9. The van der Waals surface area contributed by atoms with Crippen molar-refractivity contribution in [3.05, 3.63) is 28.2 Å². The number of aliphatic carboxylic acids is 1. The molecule has 0 aliphatic carbocycles. The number of benzene rings is 1. The van der Waals surface area contributed by atoms with Crippen LogP contribution in [0.4, 0.5) is 10.5 Å². The lowest BCUT2D eigenvalue weighted by Gasteiger charge is -2.31. The fourth-order valence-electron chi connectivity index (χ4n) is 1.34. The van der Waals surface area contributed by atoms with Gasteiger partial charge in [-0.15, -0.1) is 0 Å². The van der Waals surface area contributed by atoms with Gasteiger partial charge in [-0.1, -0.05) is 12.1 Å². The summed E-state index contributed by atoms with van der Waals surface area (Å²) in [6.07, 6.45) is 0. The summed E-state index contributed by atoms with van der Waals surface area (Å²) in [7, 11) is 1.45. The van der Waals surface area contributed by atoms with Crippen molar-refractivity contribution in [2.24, 2.45) is 0 Å². The van der Waals surface area contributed by atoms with Crippen LogP contribution < -0.4 is 5.32 Å². The van der Waals surface area contributed by atoms with Crippen LogP contribution in [-0.2, 0) is 4.79 Å². The van der Waals surface area contributed by atoms with E-state index in [4.69, 9.17) is 5.11 Å². The smallest absolute Gasteiger partial charge is 0.329 e. The van der Waals surface area contributed by atoms with Gasteiger partial charge in [0, 0.05) is 11.5 Å². The topological polar surface area (TPSA) is 69.6 Å². The van der Waals surface area contributed by atoms with E-state index in [1.807, 2.05) is 19.1 Å². The van der Waals surface area contributed by atoms with Crippen LogP contribution in [0, 0.1) is 6.92 Å². The Hall–Kier alpha value is -1.56. The van der Waals surface area contributed by atoms with E-state index in [1.165, 1.54) is 20.9 Å². The van der Waals surface area contributed by atoms with Gasteiger partial charge in [-0.05, 0) is 48.3 Å². The fourth-order valence-corrected chi connectivity index (χ4v) is 1.70. The molecule has 0 fully saturated rings. The van der Waals surface area contributed by atoms with Crippen molar-refractivity contribution in [3.63, 3.8) is 0 Å². The van der Waals surface area contributed by atoms with Gasteiger partial charge < -0.3 is 15.3 Å². The normalized spacial score (nSPS) is 11.0. The zero-order valence-electron chi connectivity index (χ0n) is 11.3. The lowest BCUT2D eigenvalue weighted by atomic mass is 10.1. The molecule has 6 heteroatoms. The molecule has 2 amide bonds. The molecule has 5 nitrogen and oxygen atoms in total. The summed E-state index contributed by atoms with van der Waals surface area (Å²) in [5.41, 5.74) is 0.316. The maximum absolute atomic E-state index is 12.1. The van der Waals surface area contributed by atoms with Crippen LogP contribution in [-0.4, -0.2) is 34.6 Å². The average Bonchev–Trinajstić information content (AvgIpc) is 2.33. The van der Waals surface area contributed by atoms with Crippen LogP contribution in [0.3, 0.4) is 0 Å². The molecule has 0 radical (unpaired) electrons. The number of halogens is 1. The average molecular weight is 329 g/mol. The summed E-state index contributed by atoms with van der Waals surface area (Å²) in [5, 5.41) is 11.8. The Morgan fingerprint density at radius 2 is 1.95 bits per heavy atom. The third-order valence-electron chi connectivity index (χ3n) is 3.10. The first-order valence-corrected chi connectivity index (χ1v) is 6.50. The second-order valence-corrected chi connectivity index (χ2v) is 5.58. The Morgan fingerprint density at radius 1 is 1.37 bits per heavy atom. The molecule has 0 unspecified atom stereocenters. The first-order valence-electron chi connectivity index (χ1n) is 5.71. The van der Waals surface area contributed by atoms with Gasteiger partial charge in [0.05, 0.1) is 5.69 Å². The first-order chi connectivity index (χ1) is 8.67. The van der Waals surface area contributed by atoms with Crippen molar-refractivity contribution < 1.29 is 14.7 Å². The SMILES string of the molecule is Cc1cccc(NC(=O)N(C)C(C)(C)C(=O)O)c1Br. The quantitative estimate of drug-likeness (QED) is 0.895. The van der Waals surface area contributed by atoms with Crippen LogP contribution in [0.2, 0.25) is 0 Å². The van der Waals surface area contributed by atoms with E-state index in [0.717, 1.165) is 14.9 Å². The second kappa shape index (κ2) is 5.61. The first kappa shape index (κ1) is 15.5. The fraction of sp³-hybridized carbons (Fsp3) is 0.385. The number of carbonyl (C=O) groups excluding carboxylic acids is 1. The Balaban J connectivity index is 2.92. The van der Waals surface area contributed by atoms with Crippen LogP contribution in [0.1, 0.15) is 19.4 Å². The number of amides is 2. The summed E-state index contributed by atoms with van der Waals surface area (Å²) in [6.45, 7) is 4.85. The Labute approximate surface area is 120 Å². The molecule has 0 aliphatic rings. The van der Waals surface area contributed by atoms with E-state index in [1.54, 1.807) is 6.07 Å². The van der Waals surface area contributed by atoms with Gasteiger partial charge in [-0.2, -0.15) is 0 Å². The van der Waals surface area contributed by atoms with Crippen molar-refractivity contribution in [1.82, 2.24) is 4.90 Å². The van der Waals surface area contributed by atoms with Gasteiger partial charge in [0.15, 0.2) is 0 Å². The van der Waals surface area contributed by atoms with E-state index in [-0.39, 0.29) is 0 Å². The zero-order chi connectivity index (χ0) is 14.8. The van der Waals surface area contributed by atoms with Gasteiger partial charge in [0.1, 0.15) is 5.54 Å². The molecule has 0 atom stereocenters. The molecule has 1 aromatic rings. The second-order valence-electron chi connectivity index (χ2n) is 4.79. The van der Waals surface area contributed by atoms with Crippen molar-refractivity contribution in [3.8, 4) is 0 Å². The highest BCUT2D eigenvalue weighted by Crippen LogP contribution is 2.26. The summed E-state index contributed by atoms with van der Waals surface area (Å²) < 4.78 is 0.782. The molecule has 0 aliphatic heterocycles. The minimum atomic E-state index is -1.28. The number of carboxylic acids is 1. The predicted molar refractivity (Wildman–Crippen MR) is 77.4 cm³/mol. The third kappa shape index (κ3) is 3.26. The molecule has 0 bridgehead atoms. The Kier molecular flexibility index (Phi) is 4.57. The van der Waals surface area contributed by atoms with E-state index in [2.05, 4.69) is 21.2 Å². The molecule has 1 rings (SSSR count). The maximum Gasteiger partial charge on any atom is 0.329 e. The Morgan fingerprint density at radius 3 is 2.47 bits per heavy atom. The van der Waals surface area contributed by atoms with E-state index < -0.39 is 17.5 Å². The van der Waals surface area contributed by atoms with Crippen LogP contribution in [0.15, 0.2) is 22.7 Å². The number of carbonyl (C=O) groups is 2. The van der Waals surface area contributed by atoms with Crippen LogP contribution >= 0.6 is 15.9 Å². The Bertz CT molecular complexity index is 515. The molecule has 0 saturated carbocycles. The van der Waals surface area contributed by atoms with E-state index in [0.29, 0.717) is 5.69 Å². The number of nitrogens with one attached hydrogen (secondary N) is 1. The molecule has 0 spiro atoms. The van der Waals surface area contributed by atoms with Crippen LogP contribution in [0.5, 0.6) is 0 Å². The number of rotatable bonds is 3. The third-order valence-corrected chi connectivity index (χ3v) is 4.15. The number of nitrogens with zero attached hydrogens (tertiary/aromatic N) is 1. The minimum Gasteiger partial charge on any atom is -0.480 e. The molecule has 2 N–H and O–H groups in total. The molecule has 104 valence electrons. The molecule has 0 aromatic heterocycles. The highest BCUT2D eigenvalue weighted by molar-refractivity contribution is 9.10. The number of anilines is 1. The number of likely N-dealkylation sites (N-methyl/N-ethyl adjacent to an activating group) is 1. The van der Waals surface area contributed by atoms with Crippen molar-refractivity contribution in [1.29, 1.82) is 0 Å². The number of aryl methyl sites for hydroxylation is 1. The van der Waals surface area contributed by atoms with Gasteiger partial charge in [0.2, 0.25) is 0 Å². The lowest BCUT2D eigenvalue weighted by Crippen LogP contribution is -2.52. The number of hydrogen-bond donors (Lipinski definition) is 2. The number of urea groups is 1. The standard InChI is InChI=1S/C13H17BrN2O3/c1-8-6-5-7-9(10(8)14)15-12(19)16(4)13(2,3)11(17)18/h5-7H,1-4H3,(H,15,19)(H,17,18). The lowest BCUT2D eigenvalue weighted by molar-refractivity contribution is -0.146. The van der Waals surface area contributed by atoms with Crippen molar-refractivity contribution >= 4 is 33.6 Å². The van der Waals surface area contributed by atoms with Crippen molar-refractivity contribution in [2.75, 3.05) is 12.4 Å². The largest absolute Gasteiger partial charge is 0.480 e. The van der Waals surface area contributed by atoms with E-state index in [9.17, 15) is 9.59 Å². The monoisotopic (exact) mass is 328 g/mol.